The van der Waals surface area contributed by atoms with Crippen molar-refractivity contribution in [2.24, 2.45) is 7.05 Å². The van der Waals surface area contributed by atoms with Crippen molar-refractivity contribution in [3.05, 3.63) is 76.9 Å². The Balaban J connectivity index is 1.39. The van der Waals surface area contributed by atoms with Gasteiger partial charge in [-0.05, 0) is 88.1 Å². The number of nitrogens with zero attached hydrogens (tertiary/aromatic N) is 4. The fourth-order valence-electron chi connectivity index (χ4n) is 6.11. The van der Waals surface area contributed by atoms with Gasteiger partial charge in [0.2, 0.25) is 10.0 Å². The van der Waals surface area contributed by atoms with Gasteiger partial charge in [-0.3, -0.25) is 4.79 Å². The lowest BCUT2D eigenvalue weighted by Gasteiger charge is -2.24. The quantitative estimate of drug-likeness (QED) is 0.132. The standard InChI is InChI=1S/C38H49N5O9S/c1-8-49-35(44)22-30(27-14-13-25(2)29(19-27)24-43-23-26(3)51-32-11-9-10-12-34(32)53(43,46)47)28-20-31-36(42(7)41-40-31)33(21-28)50-18-17-48-16-15-39-37(45)52-38(4,5)6/h9-14,19-21,26,30H,8,15-18,22-24H2,1-7H3,(H,39,45)/t26-,30?/m1/s1. The van der Waals surface area contributed by atoms with Crippen LogP contribution < -0.4 is 14.8 Å². The van der Waals surface area contributed by atoms with Gasteiger partial charge in [-0.2, -0.15) is 4.31 Å². The number of para-hydroxylation sites is 1. The van der Waals surface area contributed by atoms with Crippen LogP contribution >= 0.6 is 0 Å². The molecule has 0 spiro atoms. The zero-order chi connectivity index (χ0) is 38.3. The van der Waals surface area contributed by atoms with Gasteiger partial charge >= 0.3 is 12.1 Å². The van der Waals surface area contributed by atoms with Crippen molar-refractivity contribution in [3.8, 4) is 11.5 Å². The van der Waals surface area contributed by atoms with Crippen molar-refractivity contribution in [1.29, 1.82) is 0 Å². The monoisotopic (exact) mass is 751 g/mol. The number of ether oxygens (including phenoxy) is 5. The summed E-state index contributed by atoms with van der Waals surface area (Å²) in [5.41, 5.74) is 3.90. The Bertz CT molecular complexity index is 2030. The molecule has 1 unspecified atom stereocenters. The third-order valence-electron chi connectivity index (χ3n) is 8.54. The topological polar surface area (TPSA) is 160 Å². The molecule has 1 N–H and O–H groups in total. The first-order valence-corrected chi connectivity index (χ1v) is 19.1. The largest absolute Gasteiger partial charge is 0.489 e. The second-order valence-corrected chi connectivity index (χ2v) is 15.8. The van der Waals surface area contributed by atoms with E-state index in [0.29, 0.717) is 22.5 Å². The number of aryl methyl sites for hydroxylation is 2. The van der Waals surface area contributed by atoms with Gasteiger partial charge < -0.3 is 29.0 Å². The molecule has 0 fully saturated rings. The molecule has 2 atom stereocenters. The lowest BCUT2D eigenvalue weighted by molar-refractivity contribution is -0.143. The Kier molecular flexibility index (Phi) is 12.6. The van der Waals surface area contributed by atoms with Gasteiger partial charge in [0.05, 0.1) is 32.8 Å². The summed E-state index contributed by atoms with van der Waals surface area (Å²) >= 11 is 0. The molecule has 1 amide bonds. The number of nitrogens with one attached hydrogen (secondary N) is 1. The average molecular weight is 752 g/mol. The van der Waals surface area contributed by atoms with E-state index in [4.69, 9.17) is 23.7 Å². The molecule has 1 aromatic heterocycles. The molecule has 1 aliphatic heterocycles. The smallest absolute Gasteiger partial charge is 0.407 e. The maximum absolute atomic E-state index is 13.9. The minimum atomic E-state index is -3.87. The highest BCUT2D eigenvalue weighted by atomic mass is 32.2. The SMILES string of the molecule is CCOC(=O)CC(c1ccc(C)c(CN2C[C@@H](C)Oc3ccccc3S2(=O)=O)c1)c1cc(OCCOCCNC(=O)OC(C)(C)C)c2c(c1)nnn2C. The van der Waals surface area contributed by atoms with E-state index in [2.05, 4.69) is 15.6 Å². The lowest BCUT2D eigenvalue weighted by atomic mass is 9.86. The van der Waals surface area contributed by atoms with E-state index in [-0.39, 0.29) is 69.5 Å². The number of sulfonamides is 1. The number of esters is 1. The van der Waals surface area contributed by atoms with Gasteiger partial charge in [0, 0.05) is 26.1 Å². The van der Waals surface area contributed by atoms with E-state index in [0.717, 1.165) is 22.3 Å². The highest BCUT2D eigenvalue weighted by Crippen LogP contribution is 2.37. The molecular weight excluding hydrogens is 703 g/mol. The van der Waals surface area contributed by atoms with Crippen LogP contribution in [0.4, 0.5) is 4.79 Å². The van der Waals surface area contributed by atoms with Crippen molar-refractivity contribution in [2.45, 2.75) is 77.0 Å². The molecule has 3 aromatic carbocycles. The van der Waals surface area contributed by atoms with E-state index in [1.54, 1.807) is 63.7 Å². The average Bonchev–Trinajstić information content (AvgIpc) is 3.43. The van der Waals surface area contributed by atoms with Crippen molar-refractivity contribution in [2.75, 3.05) is 39.5 Å². The Labute approximate surface area is 310 Å². The summed E-state index contributed by atoms with van der Waals surface area (Å²) in [6.45, 7) is 12.4. The van der Waals surface area contributed by atoms with Crippen LogP contribution in [-0.4, -0.2) is 91.0 Å². The molecule has 15 heteroatoms. The van der Waals surface area contributed by atoms with Gasteiger partial charge in [-0.1, -0.05) is 35.5 Å². The number of hydrogen-bond acceptors (Lipinski definition) is 11. The van der Waals surface area contributed by atoms with E-state index < -0.39 is 27.6 Å². The maximum Gasteiger partial charge on any atom is 0.407 e. The van der Waals surface area contributed by atoms with Crippen LogP contribution in [-0.2, 0) is 42.6 Å². The first-order valence-electron chi connectivity index (χ1n) is 17.7. The van der Waals surface area contributed by atoms with Crippen LogP contribution in [0.5, 0.6) is 11.5 Å². The molecule has 1 aliphatic rings. The van der Waals surface area contributed by atoms with Crippen LogP contribution in [0.1, 0.15) is 69.2 Å². The summed E-state index contributed by atoms with van der Waals surface area (Å²) in [6, 6.07) is 16.3. The third kappa shape index (κ3) is 10.0. The fourth-order valence-corrected chi connectivity index (χ4v) is 7.72. The number of amides is 1. The zero-order valence-corrected chi connectivity index (χ0v) is 32.2. The number of alkyl carbamates (subject to hydrolysis) is 1. The minimum Gasteiger partial charge on any atom is -0.489 e. The zero-order valence-electron chi connectivity index (χ0n) is 31.4. The van der Waals surface area contributed by atoms with Crippen molar-refractivity contribution in [1.82, 2.24) is 24.6 Å². The van der Waals surface area contributed by atoms with E-state index >= 15 is 0 Å². The highest BCUT2D eigenvalue weighted by molar-refractivity contribution is 7.89. The Morgan fingerprint density at radius 3 is 2.58 bits per heavy atom. The number of rotatable bonds is 14. The Hall–Kier alpha value is -4.73. The van der Waals surface area contributed by atoms with Crippen LogP contribution in [0.25, 0.3) is 11.0 Å². The van der Waals surface area contributed by atoms with Gasteiger partial charge in [0.15, 0.2) is 0 Å². The first-order chi connectivity index (χ1) is 25.2. The molecule has 0 saturated carbocycles. The fraction of sp³-hybridized carbons (Fsp3) is 0.474. The number of hydrogen-bond donors (Lipinski definition) is 1. The molecule has 0 aliphatic carbocycles. The minimum absolute atomic E-state index is 0.0234. The number of benzene rings is 3. The molecular formula is C38H49N5O9S. The summed E-state index contributed by atoms with van der Waals surface area (Å²) in [4.78, 5) is 25.1. The third-order valence-corrected chi connectivity index (χ3v) is 10.4. The molecule has 0 bridgehead atoms. The Morgan fingerprint density at radius 1 is 1.06 bits per heavy atom. The Morgan fingerprint density at radius 2 is 1.83 bits per heavy atom. The molecule has 0 saturated heterocycles. The summed E-state index contributed by atoms with van der Waals surface area (Å²) in [5, 5.41) is 11.2. The molecule has 4 aromatic rings. The second kappa shape index (κ2) is 16.9. The molecule has 2 heterocycles. The number of aromatic nitrogens is 3. The number of carbonyl (C=O) groups is 2. The summed E-state index contributed by atoms with van der Waals surface area (Å²) in [6.07, 6.45) is -0.861. The summed E-state index contributed by atoms with van der Waals surface area (Å²) < 4.78 is 59.3. The predicted octanol–water partition coefficient (Wildman–Crippen LogP) is 5.25. The first kappa shape index (κ1) is 39.5. The number of carbonyl (C=O) groups excluding carboxylic acids is 2. The van der Waals surface area contributed by atoms with Crippen LogP contribution in [0.15, 0.2) is 59.5 Å². The van der Waals surface area contributed by atoms with Gasteiger partial charge in [-0.15, -0.1) is 5.10 Å². The van der Waals surface area contributed by atoms with Gasteiger partial charge in [0.1, 0.15) is 45.7 Å². The highest BCUT2D eigenvalue weighted by Gasteiger charge is 2.34. The van der Waals surface area contributed by atoms with Crippen LogP contribution in [0, 0.1) is 6.92 Å². The van der Waals surface area contributed by atoms with Crippen LogP contribution in [0.3, 0.4) is 0 Å². The molecule has 14 nitrogen and oxygen atoms in total. The summed E-state index contributed by atoms with van der Waals surface area (Å²) in [5.74, 6) is -0.0277. The summed E-state index contributed by atoms with van der Waals surface area (Å²) in [7, 11) is -2.10. The van der Waals surface area contributed by atoms with Crippen LogP contribution in [0.2, 0.25) is 0 Å². The normalized spacial score (nSPS) is 16.2. The predicted molar refractivity (Wildman–Crippen MR) is 197 cm³/mol. The lowest BCUT2D eigenvalue weighted by Crippen LogP contribution is -2.35. The molecule has 286 valence electrons. The van der Waals surface area contributed by atoms with E-state index in [9.17, 15) is 18.0 Å². The van der Waals surface area contributed by atoms with E-state index in [1.807, 2.05) is 44.2 Å². The maximum atomic E-state index is 13.9. The number of fused-ring (bicyclic) bond motifs is 2. The van der Waals surface area contributed by atoms with Crippen molar-refractivity contribution < 1.29 is 41.7 Å². The van der Waals surface area contributed by atoms with Crippen molar-refractivity contribution in [3.63, 3.8) is 0 Å². The van der Waals surface area contributed by atoms with E-state index in [1.165, 1.54) is 4.31 Å². The van der Waals surface area contributed by atoms with Crippen molar-refractivity contribution >= 4 is 33.1 Å². The molecule has 0 radical (unpaired) electrons. The second-order valence-electron chi connectivity index (χ2n) is 13.9. The molecule has 5 rings (SSSR count). The molecule has 53 heavy (non-hydrogen) atoms. The van der Waals surface area contributed by atoms with Gasteiger partial charge in [0.25, 0.3) is 0 Å². The van der Waals surface area contributed by atoms with Gasteiger partial charge in [-0.25, -0.2) is 17.9 Å².